The van der Waals surface area contributed by atoms with E-state index < -0.39 is 30.0 Å². The van der Waals surface area contributed by atoms with Crippen LogP contribution in [0.2, 0.25) is 0 Å². The van der Waals surface area contributed by atoms with Gasteiger partial charge in [-0.25, -0.2) is 9.18 Å². The number of urea groups is 1. The predicted octanol–water partition coefficient (Wildman–Crippen LogP) is 7.45. The van der Waals surface area contributed by atoms with E-state index in [2.05, 4.69) is 15.4 Å². The van der Waals surface area contributed by atoms with Gasteiger partial charge in [-0.3, -0.25) is 4.90 Å². The minimum absolute atomic E-state index is 0.146. The van der Waals surface area contributed by atoms with E-state index in [0.29, 0.717) is 42.0 Å². The summed E-state index contributed by atoms with van der Waals surface area (Å²) >= 11 is 0. The van der Waals surface area contributed by atoms with Gasteiger partial charge in [0.05, 0.1) is 5.56 Å². The van der Waals surface area contributed by atoms with E-state index in [9.17, 15) is 35.5 Å². The monoisotopic (exact) mass is 543 g/mol. The number of alkyl halides is 6. The summed E-state index contributed by atoms with van der Waals surface area (Å²) in [6, 6.07) is 13.1. The first-order valence-corrected chi connectivity index (χ1v) is 11.5. The fourth-order valence-electron chi connectivity index (χ4n) is 3.56. The molecule has 0 aliphatic rings. The molecule has 204 valence electrons. The largest absolute Gasteiger partial charge is 0.573 e. The zero-order valence-electron chi connectivity index (χ0n) is 20.1. The van der Waals surface area contributed by atoms with Crippen molar-refractivity contribution in [3.05, 3.63) is 78.1 Å². The van der Waals surface area contributed by atoms with E-state index in [1.165, 1.54) is 23.1 Å². The van der Waals surface area contributed by atoms with E-state index in [0.717, 1.165) is 12.5 Å². The molecule has 0 saturated heterocycles. The fourth-order valence-corrected chi connectivity index (χ4v) is 3.56. The second-order valence-corrected chi connectivity index (χ2v) is 8.15. The van der Waals surface area contributed by atoms with Gasteiger partial charge in [-0.1, -0.05) is 31.2 Å². The molecule has 0 radical (unpaired) electrons. The Morgan fingerprint density at radius 1 is 0.895 bits per heavy atom. The van der Waals surface area contributed by atoms with E-state index >= 15 is 0 Å². The van der Waals surface area contributed by atoms with Crippen molar-refractivity contribution in [2.24, 2.45) is 0 Å². The zero-order chi connectivity index (χ0) is 27.9. The van der Waals surface area contributed by atoms with Crippen LogP contribution >= 0.6 is 0 Å². The Morgan fingerprint density at radius 3 is 2.24 bits per heavy atom. The molecule has 0 aromatic heterocycles. The molecule has 3 rings (SSSR count). The van der Waals surface area contributed by atoms with Crippen molar-refractivity contribution in [1.82, 2.24) is 5.32 Å². The van der Waals surface area contributed by atoms with Gasteiger partial charge in [0.1, 0.15) is 11.6 Å². The molecule has 0 atom stereocenters. The molecule has 0 spiro atoms. The number of halogens is 7. The molecule has 38 heavy (non-hydrogen) atoms. The first-order valence-electron chi connectivity index (χ1n) is 11.5. The van der Waals surface area contributed by atoms with E-state index in [1.54, 1.807) is 30.3 Å². The summed E-state index contributed by atoms with van der Waals surface area (Å²) in [4.78, 5) is 14.3. The van der Waals surface area contributed by atoms with Gasteiger partial charge < -0.3 is 15.4 Å². The number of rotatable bonds is 9. The zero-order valence-corrected chi connectivity index (χ0v) is 20.1. The first kappa shape index (κ1) is 28.8. The molecule has 0 fully saturated rings. The summed E-state index contributed by atoms with van der Waals surface area (Å²) in [5.41, 5.74) is -0.393. The number of hydrogen-bond acceptors (Lipinski definition) is 3. The van der Waals surface area contributed by atoms with Crippen LogP contribution in [0.4, 0.5) is 46.9 Å². The number of benzene rings is 3. The number of ether oxygens (including phenoxy) is 1. The molecule has 12 heteroatoms. The highest BCUT2D eigenvalue weighted by atomic mass is 19.4. The summed E-state index contributed by atoms with van der Waals surface area (Å²) in [6.07, 6.45) is -8.94. The number of nitrogens with one attached hydrogen (secondary N) is 2. The molecule has 0 aliphatic heterocycles. The number of anilines is 2. The summed E-state index contributed by atoms with van der Waals surface area (Å²) in [7, 11) is 0. The Labute approximate surface area is 214 Å². The average molecular weight is 543 g/mol. The third kappa shape index (κ3) is 8.10. The lowest BCUT2D eigenvalue weighted by molar-refractivity contribution is -0.274. The molecule has 3 aromatic rings. The summed E-state index contributed by atoms with van der Waals surface area (Å²) in [5, 5.41) is 5.49. The van der Waals surface area contributed by atoms with Gasteiger partial charge in [0, 0.05) is 24.5 Å². The van der Waals surface area contributed by atoms with Crippen LogP contribution in [0, 0.1) is 5.82 Å². The van der Waals surface area contributed by atoms with Crippen molar-refractivity contribution in [1.29, 1.82) is 0 Å². The van der Waals surface area contributed by atoms with Crippen LogP contribution in [0.1, 0.15) is 18.9 Å². The normalized spacial score (nSPS) is 11.8. The summed E-state index contributed by atoms with van der Waals surface area (Å²) < 4.78 is 94.5. The lowest BCUT2D eigenvalue weighted by atomic mass is 10.0. The number of nitrogens with zero attached hydrogens (tertiary/aromatic N) is 1. The van der Waals surface area contributed by atoms with Crippen molar-refractivity contribution in [3.8, 4) is 16.9 Å². The van der Waals surface area contributed by atoms with Crippen molar-refractivity contribution < 1.29 is 40.3 Å². The Kier molecular flexibility index (Phi) is 9.21. The van der Waals surface area contributed by atoms with E-state index in [-0.39, 0.29) is 18.0 Å². The first-order chi connectivity index (χ1) is 17.9. The maximum atomic E-state index is 13.6. The minimum Gasteiger partial charge on any atom is -0.406 e. The van der Waals surface area contributed by atoms with Crippen LogP contribution in [-0.4, -0.2) is 32.0 Å². The smallest absolute Gasteiger partial charge is 0.406 e. The molecular weight excluding hydrogens is 519 g/mol. The van der Waals surface area contributed by atoms with Crippen molar-refractivity contribution in [2.45, 2.75) is 25.9 Å². The molecule has 0 aliphatic carbocycles. The molecule has 0 heterocycles. The van der Waals surface area contributed by atoms with Gasteiger partial charge in [-0.15, -0.1) is 13.2 Å². The molecule has 2 N–H and O–H groups in total. The van der Waals surface area contributed by atoms with Gasteiger partial charge >= 0.3 is 18.6 Å². The van der Waals surface area contributed by atoms with Crippen molar-refractivity contribution in [2.75, 3.05) is 29.9 Å². The molecule has 3 aromatic carbocycles. The van der Waals surface area contributed by atoms with E-state index in [1.807, 2.05) is 6.92 Å². The standard InChI is InChI=1S/C26H24F7N3O2/c1-2-12-34-13-14-36(24(37)35-19-8-11-23(27)22(16-19)25(28,29)30)20-9-6-17(7-10-20)18-4-3-5-21(15-18)38-26(31,32)33/h3-11,15-16,34H,2,12-14H2,1H3,(H,35,37). The number of carbonyl (C=O) groups excluding carboxylic acids is 1. The lowest BCUT2D eigenvalue weighted by Gasteiger charge is -2.24. The highest BCUT2D eigenvalue weighted by Crippen LogP contribution is 2.33. The topological polar surface area (TPSA) is 53.6 Å². The third-order valence-corrected chi connectivity index (χ3v) is 5.29. The van der Waals surface area contributed by atoms with Gasteiger partial charge in [-0.2, -0.15) is 13.2 Å². The third-order valence-electron chi connectivity index (χ3n) is 5.29. The summed E-state index contributed by atoms with van der Waals surface area (Å²) in [6.45, 7) is 3.15. The maximum absolute atomic E-state index is 13.6. The van der Waals surface area contributed by atoms with Crippen LogP contribution in [0.25, 0.3) is 11.1 Å². The fraction of sp³-hybridized carbons (Fsp3) is 0.269. The number of hydrogen-bond donors (Lipinski definition) is 2. The second-order valence-electron chi connectivity index (χ2n) is 8.15. The Bertz CT molecular complexity index is 1230. The predicted molar refractivity (Wildman–Crippen MR) is 129 cm³/mol. The average Bonchev–Trinajstić information content (AvgIpc) is 2.84. The second kappa shape index (κ2) is 12.2. The summed E-state index contributed by atoms with van der Waals surface area (Å²) in [5.74, 6) is -1.85. The highest BCUT2D eigenvalue weighted by molar-refractivity contribution is 6.02. The molecular formula is C26H24F7N3O2. The van der Waals surface area contributed by atoms with Crippen LogP contribution in [0.5, 0.6) is 5.75 Å². The minimum atomic E-state index is -4.94. The van der Waals surface area contributed by atoms with Crippen LogP contribution < -0.4 is 20.3 Å². The Hall–Kier alpha value is -3.80. The molecule has 5 nitrogen and oxygen atoms in total. The Morgan fingerprint density at radius 2 is 1.61 bits per heavy atom. The molecule has 2 amide bonds. The maximum Gasteiger partial charge on any atom is 0.573 e. The molecule has 0 bridgehead atoms. The number of carbonyl (C=O) groups is 1. The van der Waals surface area contributed by atoms with Gasteiger partial charge in [-0.05, 0) is 66.6 Å². The van der Waals surface area contributed by atoms with E-state index in [4.69, 9.17) is 0 Å². The highest BCUT2D eigenvalue weighted by Gasteiger charge is 2.34. The Balaban J connectivity index is 1.83. The molecule has 0 saturated carbocycles. The quantitative estimate of drug-likeness (QED) is 0.218. The van der Waals surface area contributed by atoms with Gasteiger partial charge in [0.15, 0.2) is 0 Å². The number of amides is 2. The van der Waals surface area contributed by atoms with Gasteiger partial charge in [0.25, 0.3) is 0 Å². The lowest BCUT2D eigenvalue weighted by Crippen LogP contribution is -2.40. The van der Waals surface area contributed by atoms with Crippen molar-refractivity contribution >= 4 is 17.4 Å². The van der Waals surface area contributed by atoms with Crippen LogP contribution in [0.15, 0.2) is 66.7 Å². The van der Waals surface area contributed by atoms with Crippen molar-refractivity contribution in [3.63, 3.8) is 0 Å². The van der Waals surface area contributed by atoms with Gasteiger partial charge in [0.2, 0.25) is 0 Å². The van der Waals surface area contributed by atoms with Crippen LogP contribution in [0.3, 0.4) is 0 Å². The van der Waals surface area contributed by atoms with Crippen LogP contribution in [-0.2, 0) is 6.18 Å². The molecule has 0 unspecified atom stereocenters. The SMILES string of the molecule is CCCNCCN(C(=O)Nc1ccc(F)c(C(F)(F)F)c1)c1ccc(-c2cccc(OC(F)(F)F)c2)cc1.